The number of fused-ring (bicyclic) bond motifs is 1. The number of hydrogen-bond acceptors (Lipinski definition) is 3. The molecule has 0 radical (unpaired) electrons. The molecular weight excluding hydrogens is 340 g/mol. The van der Waals surface area contributed by atoms with Crippen LogP contribution in [0.5, 0.6) is 0 Å². The molecule has 0 bridgehead atoms. The largest absolute Gasteiger partial charge is 1.00 e. The smallest absolute Gasteiger partial charge is 0.870 e. The summed E-state index contributed by atoms with van der Waals surface area (Å²) in [4.78, 5) is 0. The topological polar surface area (TPSA) is 56.0 Å². The van der Waals surface area contributed by atoms with Crippen molar-refractivity contribution in [3.8, 4) is 11.3 Å². The molecule has 3 aromatic rings. The molecule has 0 aliphatic rings. The Balaban J connectivity index is 0.000000902. The van der Waals surface area contributed by atoms with Gasteiger partial charge in [-0.2, -0.15) is 0 Å². The van der Waals surface area contributed by atoms with Crippen molar-refractivity contribution in [2.75, 3.05) is 0 Å². The SMILES string of the molecule is Clc1cccc(-c2onc3ccc(Br)cc23)c1.[Na+].[OH-]. The van der Waals surface area contributed by atoms with Gasteiger partial charge in [0.2, 0.25) is 0 Å². The molecule has 0 saturated heterocycles. The molecule has 3 rings (SSSR count). The molecule has 3 nitrogen and oxygen atoms in total. The van der Waals surface area contributed by atoms with Crippen LogP contribution in [0, 0.1) is 0 Å². The number of rotatable bonds is 1. The number of aromatic nitrogens is 1. The maximum absolute atomic E-state index is 5.97. The Hall–Kier alpha value is -0.360. The molecule has 0 unspecified atom stereocenters. The number of benzene rings is 2. The summed E-state index contributed by atoms with van der Waals surface area (Å²) in [5.74, 6) is 0.740. The normalized spacial score (nSPS) is 9.79. The van der Waals surface area contributed by atoms with Crippen LogP contribution in [-0.2, 0) is 0 Å². The van der Waals surface area contributed by atoms with Crippen molar-refractivity contribution in [2.45, 2.75) is 0 Å². The van der Waals surface area contributed by atoms with E-state index in [1.807, 2.05) is 42.5 Å². The third-order valence-corrected chi connectivity index (χ3v) is 3.25. The van der Waals surface area contributed by atoms with Crippen LogP contribution in [0.25, 0.3) is 22.2 Å². The van der Waals surface area contributed by atoms with E-state index < -0.39 is 0 Å². The Labute approximate surface area is 145 Å². The van der Waals surface area contributed by atoms with Crippen molar-refractivity contribution in [3.05, 3.63) is 52.0 Å². The summed E-state index contributed by atoms with van der Waals surface area (Å²) in [6.07, 6.45) is 0. The Kier molecular flexibility index (Phi) is 6.05. The molecule has 0 amide bonds. The van der Waals surface area contributed by atoms with Crippen LogP contribution in [0.3, 0.4) is 0 Å². The van der Waals surface area contributed by atoms with E-state index in [1.54, 1.807) is 0 Å². The molecule has 0 aliphatic carbocycles. The molecule has 92 valence electrons. The number of halogens is 2. The standard InChI is InChI=1S/C13H7BrClNO.Na.H2O/c14-9-4-5-12-11(7-9)13(17-16-12)8-2-1-3-10(15)6-8;;/h1-7H;;1H2/q;+1;/p-1. The van der Waals surface area contributed by atoms with Crippen LogP contribution in [0.2, 0.25) is 5.02 Å². The van der Waals surface area contributed by atoms with Gasteiger partial charge in [-0.05, 0) is 30.3 Å². The van der Waals surface area contributed by atoms with Crippen LogP contribution in [0.1, 0.15) is 0 Å². The zero-order valence-corrected chi connectivity index (χ0v) is 14.4. The zero-order chi connectivity index (χ0) is 11.8. The van der Waals surface area contributed by atoms with Crippen molar-refractivity contribution in [3.63, 3.8) is 0 Å². The average molecular weight is 349 g/mol. The molecule has 0 fully saturated rings. The summed E-state index contributed by atoms with van der Waals surface area (Å²) in [7, 11) is 0. The quantitative estimate of drug-likeness (QED) is 0.630. The fourth-order valence-electron chi connectivity index (χ4n) is 1.75. The van der Waals surface area contributed by atoms with Gasteiger partial charge in [0, 0.05) is 15.1 Å². The molecule has 1 heterocycles. The second-order valence-electron chi connectivity index (χ2n) is 3.68. The average Bonchev–Trinajstić information content (AvgIpc) is 2.71. The van der Waals surface area contributed by atoms with Gasteiger partial charge in [-0.3, -0.25) is 0 Å². The van der Waals surface area contributed by atoms with E-state index in [0.717, 1.165) is 26.7 Å². The van der Waals surface area contributed by atoms with Crippen molar-refractivity contribution in [1.29, 1.82) is 0 Å². The first-order valence-corrected chi connectivity index (χ1v) is 6.22. The predicted molar refractivity (Wildman–Crippen MR) is 74.1 cm³/mol. The molecule has 0 aliphatic heterocycles. The third-order valence-electron chi connectivity index (χ3n) is 2.53. The van der Waals surface area contributed by atoms with Gasteiger partial charge in [-0.15, -0.1) is 0 Å². The first-order chi connectivity index (χ1) is 8.24. The summed E-state index contributed by atoms with van der Waals surface area (Å²) >= 11 is 9.42. The van der Waals surface area contributed by atoms with Crippen LogP contribution in [-0.4, -0.2) is 10.6 Å². The predicted octanol–water partition coefficient (Wildman–Crippen LogP) is 1.74. The molecule has 1 aromatic heterocycles. The van der Waals surface area contributed by atoms with E-state index in [4.69, 9.17) is 16.1 Å². The molecule has 19 heavy (non-hydrogen) atoms. The summed E-state index contributed by atoms with van der Waals surface area (Å²) in [6, 6.07) is 13.4. The molecule has 6 heteroatoms. The maximum atomic E-state index is 5.97. The van der Waals surface area contributed by atoms with E-state index >= 15 is 0 Å². The van der Waals surface area contributed by atoms with Crippen LogP contribution in [0.4, 0.5) is 0 Å². The van der Waals surface area contributed by atoms with E-state index in [1.165, 1.54) is 0 Å². The van der Waals surface area contributed by atoms with Gasteiger partial charge in [-0.25, -0.2) is 0 Å². The van der Waals surface area contributed by atoms with Gasteiger partial charge >= 0.3 is 29.6 Å². The van der Waals surface area contributed by atoms with Crippen LogP contribution >= 0.6 is 27.5 Å². The Morgan fingerprint density at radius 2 is 1.89 bits per heavy atom. The minimum atomic E-state index is 0. The van der Waals surface area contributed by atoms with E-state index in [2.05, 4.69) is 21.1 Å². The molecular formula is C13H8BrClNNaO2. The summed E-state index contributed by atoms with van der Waals surface area (Å²) in [6.45, 7) is 0. The molecule has 2 aromatic carbocycles. The van der Waals surface area contributed by atoms with Crippen LogP contribution in [0.15, 0.2) is 51.5 Å². The number of nitrogens with zero attached hydrogens (tertiary/aromatic N) is 1. The minimum Gasteiger partial charge on any atom is -0.870 e. The van der Waals surface area contributed by atoms with Gasteiger partial charge in [0.25, 0.3) is 0 Å². The monoisotopic (exact) mass is 347 g/mol. The van der Waals surface area contributed by atoms with Crippen molar-refractivity contribution >= 4 is 38.4 Å². The van der Waals surface area contributed by atoms with Crippen molar-refractivity contribution in [1.82, 2.24) is 5.16 Å². The fourth-order valence-corrected chi connectivity index (χ4v) is 2.30. The molecule has 1 N–H and O–H groups in total. The number of hydrogen-bond donors (Lipinski definition) is 0. The van der Waals surface area contributed by atoms with Crippen molar-refractivity contribution in [2.24, 2.45) is 0 Å². The first kappa shape index (κ1) is 16.7. The van der Waals surface area contributed by atoms with Gasteiger partial charge in [0.05, 0.1) is 5.39 Å². The Bertz CT molecular complexity index is 702. The zero-order valence-electron chi connectivity index (χ0n) is 10.1. The first-order valence-electron chi connectivity index (χ1n) is 5.05. The van der Waals surface area contributed by atoms with E-state index in [-0.39, 0.29) is 35.0 Å². The second-order valence-corrected chi connectivity index (χ2v) is 5.04. The Morgan fingerprint density at radius 3 is 2.63 bits per heavy atom. The van der Waals surface area contributed by atoms with Gasteiger partial charge in [0.1, 0.15) is 5.52 Å². The van der Waals surface area contributed by atoms with Crippen molar-refractivity contribution < 1.29 is 39.6 Å². The van der Waals surface area contributed by atoms with E-state index in [0.29, 0.717) is 5.02 Å². The maximum Gasteiger partial charge on any atom is 1.00 e. The molecule has 0 saturated carbocycles. The summed E-state index contributed by atoms with van der Waals surface area (Å²) in [5.41, 5.74) is 1.77. The minimum absolute atomic E-state index is 0. The third kappa shape index (κ3) is 3.40. The Morgan fingerprint density at radius 1 is 1.11 bits per heavy atom. The van der Waals surface area contributed by atoms with Crippen LogP contribution < -0.4 is 29.6 Å². The summed E-state index contributed by atoms with van der Waals surface area (Å²) < 4.78 is 6.38. The fraction of sp³-hybridized carbons (Fsp3) is 0. The second kappa shape index (κ2) is 6.88. The summed E-state index contributed by atoms with van der Waals surface area (Å²) in [5, 5.41) is 5.68. The molecule has 0 spiro atoms. The van der Waals surface area contributed by atoms with E-state index in [9.17, 15) is 0 Å². The van der Waals surface area contributed by atoms with Gasteiger partial charge < -0.3 is 10.00 Å². The van der Waals surface area contributed by atoms with Gasteiger partial charge in [0.15, 0.2) is 5.76 Å². The molecule has 0 atom stereocenters. The van der Waals surface area contributed by atoms with Gasteiger partial charge in [-0.1, -0.05) is 44.8 Å².